The summed E-state index contributed by atoms with van der Waals surface area (Å²) in [5.74, 6) is -0.268. The van der Waals surface area contributed by atoms with Gasteiger partial charge in [0, 0.05) is 19.3 Å². The van der Waals surface area contributed by atoms with Crippen molar-refractivity contribution in [1.29, 1.82) is 0 Å². The fourth-order valence-electron chi connectivity index (χ4n) is 1.76. The number of anilines is 1. The molecule has 0 aliphatic heterocycles. The Morgan fingerprint density at radius 3 is 2.70 bits per heavy atom. The van der Waals surface area contributed by atoms with Gasteiger partial charge in [0.1, 0.15) is 6.54 Å². The highest BCUT2D eigenvalue weighted by Crippen LogP contribution is 2.00. The molecular formula is C13H23N5O2. The lowest BCUT2D eigenvalue weighted by Gasteiger charge is -2.21. The second kappa shape index (κ2) is 8.19. The van der Waals surface area contributed by atoms with E-state index in [1.165, 1.54) is 10.9 Å². The van der Waals surface area contributed by atoms with Crippen LogP contribution in [0.2, 0.25) is 0 Å². The molecule has 0 unspecified atom stereocenters. The zero-order chi connectivity index (χ0) is 15.0. The Morgan fingerprint density at radius 2 is 2.15 bits per heavy atom. The van der Waals surface area contributed by atoms with E-state index in [1.54, 1.807) is 11.1 Å². The van der Waals surface area contributed by atoms with Crippen molar-refractivity contribution in [2.45, 2.75) is 33.2 Å². The molecule has 1 aromatic rings. The molecule has 0 saturated carbocycles. The van der Waals surface area contributed by atoms with E-state index in [2.05, 4.69) is 10.4 Å². The van der Waals surface area contributed by atoms with E-state index in [-0.39, 0.29) is 24.9 Å². The summed E-state index contributed by atoms with van der Waals surface area (Å²) in [5.41, 5.74) is 6.07. The molecule has 1 aromatic heterocycles. The van der Waals surface area contributed by atoms with Crippen molar-refractivity contribution < 1.29 is 9.59 Å². The molecule has 7 nitrogen and oxygen atoms in total. The van der Waals surface area contributed by atoms with Gasteiger partial charge in [-0.3, -0.25) is 14.3 Å². The first-order valence-corrected chi connectivity index (χ1v) is 6.89. The van der Waals surface area contributed by atoms with Crippen molar-refractivity contribution in [3.63, 3.8) is 0 Å². The van der Waals surface area contributed by atoms with Crippen molar-refractivity contribution in [3.05, 3.63) is 12.4 Å². The first kappa shape index (κ1) is 16.0. The number of nitrogens with zero attached hydrogens (tertiary/aromatic N) is 3. The van der Waals surface area contributed by atoms with Crippen LogP contribution in [0.5, 0.6) is 0 Å². The lowest BCUT2D eigenvalue weighted by atomic mass is 10.3. The van der Waals surface area contributed by atoms with Crippen LogP contribution in [0.4, 0.5) is 5.69 Å². The van der Waals surface area contributed by atoms with Gasteiger partial charge in [0.25, 0.3) is 0 Å². The third kappa shape index (κ3) is 5.29. The van der Waals surface area contributed by atoms with Gasteiger partial charge >= 0.3 is 0 Å². The largest absolute Gasteiger partial charge is 0.396 e. The summed E-state index contributed by atoms with van der Waals surface area (Å²) in [5, 5.41) is 6.74. The van der Waals surface area contributed by atoms with Crippen LogP contribution in [0.3, 0.4) is 0 Å². The number of rotatable bonds is 8. The van der Waals surface area contributed by atoms with E-state index in [9.17, 15) is 9.59 Å². The molecule has 0 fully saturated rings. The zero-order valence-electron chi connectivity index (χ0n) is 12.1. The molecule has 0 atom stereocenters. The molecule has 1 heterocycles. The molecule has 0 aromatic carbocycles. The summed E-state index contributed by atoms with van der Waals surface area (Å²) in [7, 11) is 0. The maximum Gasteiger partial charge on any atom is 0.244 e. The average Bonchev–Trinajstić information content (AvgIpc) is 2.81. The molecule has 0 aliphatic carbocycles. The molecule has 0 spiro atoms. The Bertz CT molecular complexity index is 444. The number of nitrogens with two attached hydrogens (primary N) is 1. The van der Waals surface area contributed by atoms with Gasteiger partial charge in [-0.05, 0) is 12.8 Å². The second-order valence-corrected chi connectivity index (χ2v) is 4.64. The fourth-order valence-corrected chi connectivity index (χ4v) is 1.76. The van der Waals surface area contributed by atoms with Crippen LogP contribution >= 0.6 is 0 Å². The minimum absolute atomic E-state index is 0.0867. The summed E-state index contributed by atoms with van der Waals surface area (Å²) >= 11 is 0. The lowest BCUT2D eigenvalue weighted by Crippen LogP contribution is -2.42. The Balaban J connectivity index is 2.55. The minimum Gasteiger partial charge on any atom is -0.396 e. The number of hydrogen-bond acceptors (Lipinski definition) is 4. The summed E-state index contributed by atoms with van der Waals surface area (Å²) in [4.78, 5) is 25.4. The van der Waals surface area contributed by atoms with Crippen LogP contribution in [-0.4, -0.2) is 46.1 Å². The van der Waals surface area contributed by atoms with Gasteiger partial charge in [-0.1, -0.05) is 13.8 Å². The van der Waals surface area contributed by atoms with Crippen LogP contribution in [-0.2, 0) is 16.1 Å². The quantitative estimate of drug-likeness (QED) is 0.713. The van der Waals surface area contributed by atoms with Crippen LogP contribution < -0.4 is 11.1 Å². The second-order valence-electron chi connectivity index (χ2n) is 4.64. The summed E-state index contributed by atoms with van der Waals surface area (Å²) < 4.78 is 1.48. The van der Waals surface area contributed by atoms with Crippen molar-refractivity contribution in [3.8, 4) is 0 Å². The standard InChI is InChI=1S/C13H23N5O2/c1-3-5-15-12(19)9-17(6-4-2)13(20)10-18-8-11(14)7-16-18/h7-8H,3-6,9-10,14H2,1-2H3,(H,15,19). The van der Waals surface area contributed by atoms with E-state index in [4.69, 9.17) is 5.73 Å². The highest BCUT2D eigenvalue weighted by atomic mass is 16.2. The number of carbonyl (C=O) groups excluding carboxylic acids is 2. The number of nitrogens with one attached hydrogen (secondary N) is 1. The smallest absolute Gasteiger partial charge is 0.244 e. The molecule has 112 valence electrons. The maximum atomic E-state index is 12.2. The van der Waals surface area contributed by atoms with Crippen molar-refractivity contribution >= 4 is 17.5 Å². The molecular weight excluding hydrogens is 258 g/mol. The molecule has 7 heteroatoms. The van der Waals surface area contributed by atoms with Crippen molar-refractivity contribution in [2.75, 3.05) is 25.4 Å². The van der Waals surface area contributed by atoms with Gasteiger partial charge in [0.15, 0.2) is 0 Å². The predicted molar refractivity (Wildman–Crippen MR) is 76.8 cm³/mol. The number of hydrogen-bond donors (Lipinski definition) is 2. The Kier molecular flexibility index (Phi) is 6.55. The molecule has 1 rings (SSSR count). The van der Waals surface area contributed by atoms with Crippen LogP contribution in [0.15, 0.2) is 12.4 Å². The van der Waals surface area contributed by atoms with Gasteiger partial charge in [-0.25, -0.2) is 0 Å². The summed E-state index contributed by atoms with van der Waals surface area (Å²) in [6, 6.07) is 0. The third-order valence-electron chi connectivity index (χ3n) is 2.70. The van der Waals surface area contributed by atoms with Crippen molar-refractivity contribution in [1.82, 2.24) is 20.0 Å². The molecule has 0 radical (unpaired) electrons. The molecule has 2 amide bonds. The number of aromatic nitrogens is 2. The third-order valence-corrected chi connectivity index (χ3v) is 2.70. The van der Waals surface area contributed by atoms with E-state index in [0.29, 0.717) is 18.8 Å². The molecule has 3 N–H and O–H groups in total. The van der Waals surface area contributed by atoms with Crippen LogP contribution in [0, 0.1) is 0 Å². The topological polar surface area (TPSA) is 93.2 Å². The maximum absolute atomic E-state index is 12.2. The van der Waals surface area contributed by atoms with E-state index >= 15 is 0 Å². The molecule has 20 heavy (non-hydrogen) atoms. The lowest BCUT2D eigenvalue weighted by molar-refractivity contribution is -0.136. The SMILES string of the molecule is CCCNC(=O)CN(CCC)C(=O)Cn1cc(N)cn1. The average molecular weight is 281 g/mol. The first-order valence-electron chi connectivity index (χ1n) is 6.89. The van der Waals surface area contributed by atoms with Crippen molar-refractivity contribution in [2.24, 2.45) is 0 Å². The summed E-state index contributed by atoms with van der Waals surface area (Å²) in [6.45, 7) is 5.31. The van der Waals surface area contributed by atoms with E-state index < -0.39 is 0 Å². The molecule has 0 aliphatic rings. The van der Waals surface area contributed by atoms with E-state index in [0.717, 1.165) is 12.8 Å². The Labute approximate surface area is 119 Å². The zero-order valence-corrected chi connectivity index (χ0v) is 12.1. The number of carbonyl (C=O) groups is 2. The fraction of sp³-hybridized carbons (Fsp3) is 0.615. The highest BCUT2D eigenvalue weighted by molar-refractivity contribution is 5.84. The Morgan fingerprint density at radius 1 is 1.40 bits per heavy atom. The minimum atomic E-state index is -0.137. The van der Waals surface area contributed by atoms with Crippen LogP contribution in [0.25, 0.3) is 0 Å². The Hall–Kier alpha value is -2.05. The number of nitrogen functional groups attached to an aromatic ring is 1. The number of amides is 2. The van der Waals surface area contributed by atoms with Gasteiger partial charge < -0.3 is 16.0 Å². The predicted octanol–water partition coefficient (Wildman–Crippen LogP) is 0.230. The van der Waals surface area contributed by atoms with Crippen LogP contribution in [0.1, 0.15) is 26.7 Å². The van der Waals surface area contributed by atoms with Gasteiger partial charge in [0.05, 0.1) is 18.4 Å². The summed E-state index contributed by atoms with van der Waals surface area (Å²) in [6.07, 6.45) is 4.76. The highest BCUT2D eigenvalue weighted by Gasteiger charge is 2.16. The van der Waals surface area contributed by atoms with E-state index in [1.807, 2.05) is 13.8 Å². The normalized spacial score (nSPS) is 10.3. The first-order chi connectivity index (χ1) is 9.56. The van der Waals surface area contributed by atoms with Gasteiger partial charge in [-0.15, -0.1) is 0 Å². The monoisotopic (exact) mass is 281 g/mol. The van der Waals surface area contributed by atoms with Gasteiger partial charge in [-0.2, -0.15) is 5.10 Å². The molecule has 0 bridgehead atoms. The molecule has 0 saturated heterocycles. The van der Waals surface area contributed by atoms with Gasteiger partial charge in [0.2, 0.25) is 11.8 Å².